The second kappa shape index (κ2) is 5.56. The minimum atomic E-state index is -3.62. The van der Waals surface area contributed by atoms with Crippen molar-refractivity contribution >= 4 is 27.8 Å². The molecule has 17 heavy (non-hydrogen) atoms. The average Bonchev–Trinajstić information content (AvgIpc) is 2.61. The van der Waals surface area contributed by atoms with E-state index in [1.807, 2.05) is 6.26 Å². The van der Waals surface area contributed by atoms with Crippen LogP contribution in [0.15, 0.2) is 17.2 Å². The molecular weight excluding hydrogens is 264 g/mol. The van der Waals surface area contributed by atoms with E-state index in [1.54, 1.807) is 0 Å². The Bertz CT molecular complexity index is 507. The highest BCUT2D eigenvalue weighted by atomic mass is 32.2. The van der Waals surface area contributed by atoms with Gasteiger partial charge in [0.25, 0.3) is 0 Å². The van der Waals surface area contributed by atoms with E-state index in [0.717, 1.165) is 6.07 Å². The molecule has 1 rings (SSSR count). The van der Waals surface area contributed by atoms with E-state index in [-0.39, 0.29) is 10.6 Å². The molecule has 0 radical (unpaired) electrons. The first-order valence-corrected chi connectivity index (χ1v) is 7.64. The molecule has 1 aromatic rings. The van der Waals surface area contributed by atoms with Gasteiger partial charge in [-0.1, -0.05) is 0 Å². The number of hydrogen-bond donors (Lipinski definition) is 2. The number of nitrogens with zero attached hydrogens (tertiary/aromatic N) is 1. The first-order valence-electron chi connectivity index (χ1n) is 4.76. The number of aromatic carboxylic acids is 1. The molecule has 8 heteroatoms. The first-order chi connectivity index (χ1) is 7.88. The Hall–Kier alpha value is -0.990. The number of hydrogen-bond acceptors (Lipinski definition) is 4. The fourth-order valence-electron chi connectivity index (χ4n) is 1.26. The van der Waals surface area contributed by atoms with Gasteiger partial charge >= 0.3 is 5.97 Å². The third-order valence-corrected chi connectivity index (χ3v) is 4.15. The Morgan fingerprint density at radius 2 is 2.24 bits per heavy atom. The Morgan fingerprint density at radius 3 is 2.71 bits per heavy atom. The topological polar surface area (TPSA) is 88.4 Å². The summed E-state index contributed by atoms with van der Waals surface area (Å²) in [6.45, 7) is 0.320. The molecular formula is C9H14N2O4S2. The van der Waals surface area contributed by atoms with Crippen molar-refractivity contribution < 1.29 is 18.3 Å². The van der Waals surface area contributed by atoms with Crippen LogP contribution in [-0.4, -0.2) is 42.6 Å². The predicted molar refractivity (Wildman–Crippen MR) is 65.9 cm³/mol. The van der Waals surface area contributed by atoms with Crippen LogP contribution in [0.3, 0.4) is 0 Å². The number of rotatable bonds is 6. The van der Waals surface area contributed by atoms with E-state index >= 15 is 0 Å². The van der Waals surface area contributed by atoms with E-state index in [1.165, 1.54) is 29.6 Å². The first kappa shape index (κ1) is 14.1. The zero-order valence-electron chi connectivity index (χ0n) is 9.50. The minimum absolute atomic E-state index is 0.0292. The highest BCUT2D eigenvalue weighted by molar-refractivity contribution is 7.98. The maximum Gasteiger partial charge on any atom is 0.352 e. The van der Waals surface area contributed by atoms with Crippen molar-refractivity contribution in [3.63, 3.8) is 0 Å². The summed E-state index contributed by atoms with van der Waals surface area (Å²) in [6.07, 6.45) is 3.16. The second-order valence-electron chi connectivity index (χ2n) is 3.37. The lowest BCUT2D eigenvalue weighted by Crippen LogP contribution is -2.25. The number of aryl methyl sites for hydroxylation is 1. The number of sulfonamides is 1. The number of thioether (sulfide) groups is 1. The van der Waals surface area contributed by atoms with Crippen LogP contribution in [0.1, 0.15) is 10.5 Å². The molecule has 1 heterocycles. The highest BCUT2D eigenvalue weighted by Gasteiger charge is 2.19. The summed E-state index contributed by atoms with van der Waals surface area (Å²) < 4.78 is 27.2. The Kier molecular flexibility index (Phi) is 4.61. The van der Waals surface area contributed by atoms with Crippen LogP contribution in [0.2, 0.25) is 0 Å². The second-order valence-corrected chi connectivity index (χ2v) is 6.12. The van der Waals surface area contributed by atoms with E-state index in [9.17, 15) is 13.2 Å². The van der Waals surface area contributed by atoms with Crippen LogP contribution in [0.25, 0.3) is 0 Å². The molecule has 0 spiro atoms. The zero-order valence-corrected chi connectivity index (χ0v) is 11.1. The number of carboxylic acid groups (broad SMARTS) is 1. The molecule has 0 atom stereocenters. The third kappa shape index (κ3) is 3.48. The number of aromatic nitrogens is 1. The van der Waals surface area contributed by atoms with Gasteiger partial charge in [0.1, 0.15) is 10.6 Å². The molecule has 1 aromatic heterocycles. The molecule has 0 saturated carbocycles. The SMILES string of the molecule is CSCCNS(=O)(=O)c1cc(C(=O)O)n(C)c1. The quantitative estimate of drug-likeness (QED) is 0.734. The summed E-state index contributed by atoms with van der Waals surface area (Å²) in [5, 5.41) is 8.82. The lowest BCUT2D eigenvalue weighted by molar-refractivity contribution is 0.0686. The molecule has 96 valence electrons. The van der Waals surface area contributed by atoms with Crippen molar-refractivity contribution in [3.05, 3.63) is 18.0 Å². The van der Waals surface area contributed by atoms with E-state index in [2.05, 4.69) is 4.72 Å². The summed E-state index contributed by atoms with van der Waals surface area (Å²) in [5.74, 6) is -0.490. The zero-order chi connectivity index (χ0) is 13.1. The van der Waals surface area contributed by atoms with Crippen LogP contribution in [0.4, 0.5) is 0 Å². The lowest BCUT2D eigenvalue weighted by atomic mass is 10.4. The predicted octanol–water partition coefficient (Wildman–Crippen LogP) is 0.365. The van der Waals surface area contributed by atoms with Gasteiger partial charge in [0.15, 0.2) is 0 Å². The minimum Gasteiger partial charge on any atom is -0.477 e. The van der Waals surface area contributed by atoms with Gasteiger partial charge in [0, 0.05) is 25.5 Å². The molecule has 0 aliphatic carbocycles. The molecule has 0 aromatic carbocycles. The standard InChI is InChI=1S/C9H14N2O4S2/c1-11-6-7(5-8(11)9(12)13)17(14,15)10-3-4-16-2/h5-6,10H,3-4H2,1-2H3,(H,12,13). The maximum absolute atomic E-state index is 11.8. The van der Waals surface area contributed by atoms with Gasteiger partial charge < -0.3 is 9.67 Å². The third-order valence-electron chi connectivity index (χ3n) is 2.11. The Labute approximate surface area is 104 Å². The summed E-state index contributed by atoms with van der Waals surface area (Å²) in [5.41, 5.74) is -0.0600. The van der Waals surface area contributed by atoms with Gasteiger partial charge in [0.2, 0.25) is 10.0 Å². The van der Waals surface area contributed by atoms with Crippen LogP contribution in [-0.2, 0) is 17.1 Å². The van der Waals surface area contributed by atoms with E-state index in [0.29, 0.717) is 12.3 Å². The summed E-state index contributed by atoms with van der Waals surface area (Å²) in [6, 6.07) is 1.14. The van der Waals surface area contributed by atoms with Gasteiger partial charge in [0.05, 0.1) is 0 Å². The van der Waals surface area contributed by atoms with E-state index < -0.39 is 16.0 Å². The Balaban J connectivity index is 2.92. The Morgan fingerprint density at radius 1 is 1.59 bits per heavy atom. The van der Waals surface area contributed by atoms with Crippen LogP contribution < -0.4 is 4.72 Å². The number of carboxylic acids is 1. The summed E-state index contributed by atoms with van der Waals surface area (Å²) in [4.78, 5) is 10.8. The van der Waals surface area contributed by atoms with E-state index in [4.69, 9.17) is 5.11 Å². The molecule has 0 fully saturated rings. The molecule has 6 nitrogen and oxygen atoms in total. The van der Waals surface area contributed by atoms with Gasteiger partial charge in [-0.3, -0.25) is 0 Å². The lowest BCUT2D eigenvalue weighted by Gasteiger charge is -2.02. The fraction of sp³-hybridized carbons (Fsp3) is 0.444. The van der Waals surface area contributed by atoms with Crippen LogP contribution in [0.5, 0.6) is 0 Å². The van der Waals surface area contributed by atoms with Gasteiger partial charge in [-0.25, -0.2) is 17.9 Å². The van der Waals surface area contributed by atoms with Crippen LogP contribution in [0, 0.1) is 0 Å². The maximum atomic E-state index is 11.8. The van der Waals surface area contributed by atoms with Crippen molar-refractivity contribution in [2.75, 3.05) is 18.6 Å². The molecule has 0 bridgehead atoms. The molecule has 0 unspecified atom stereocenters. The summed E-state index contributed by atoms with van der Waals surface area (Å²) in [7, 11) is -2.12. The number of carbonyl (C=O) groups is 1. The average molecular weight is 278 g/mol. The molecule has 0 aliphatic rings. The smallest absolute Gasteiger partial charge is 0.352 e. The van der Waals surface area contributed by atoms with Crippen molar-refractivity contribution in [2.24, 2.45) is 7.05 Å². The van der Waals surface area contributed by atoms with Crippen molar-refractivity contribution in [1.82, 2.24) is 9.29 Å². The van der Waals surface area contributed by atoms with Gasteiger partial charge in [-0.15, -0.1) is 0 Å². The molecule has 2 N–H and O–H groups in total. The van der Waals surface area contributed by atoms with Crippen LogP contribution >= 0.6 is 11.8 Å². The molecule has 0 amide bonds. The number of nitrogens with one attached hydrogen (secondary N) is 1. The van der Waals surface area contributed by atoms with Crippen molar-refractivity contribution in [3.8, 4) is 0 Å². The van der Waals surface area contributed by atoms with Gasteiger partial charge in [-0.2, -0.15) is 11.8 Å². The molecule has 0 aliphatic heterocycles. The van der Waals surface area contributed by atoms with Crippen molar-refractivity contribution in [1.29, 1.82) is 0 Å². The fourth-order valence-corrected chi connectivity index (χ4v) is 2.79. The molecule has 0 saturated heterocycles. The normalized spacial score (nSPS) is 11.6. The largest absolute Gasteiger partial charge is 0.477 e. The monoisotopic (exact) mass is 278 g/mol. The highest BCUT2D eigenvalue weighted by Crippen LogP contribution is 2.13. The van der Waals surface area contributed by atoms with Gasteiger partial charge in [-0.05, 0) is 12.3 Å². The summed E-state index contributed by atoms with van der Waals surface area (Å²) >= 11 is 1.52. The van der Waals surface area contributed by atoms with Crippen molar-refractivity contribution in [2.45, 2.75) is 4.90 Å².